The Morgan fingerprint density at radius 2 is 2.00 bits per heavy atom. The van der Waals surface area contributed by atoms with Crippen molar-refractivity contribution in [3.8, 4) is 0 Å². The van der Waals surface area contributed by atoms with Crippen molar-refractivity contribution in [2.24, 2.45) is 0 Å². The highest BCUT2D eigenvalue weighted by Gasteiger charge is 2.01. The van der Waals surface area contributed by atoms with Crippen molar-refractivity contribution in [2.75, 3.05) is 32.1 Å². The monoisotopic (exact) mass is 207 g/mol. The summed E-state index contributed by atoms with van der Waals surface area (Å²) in [6, 6.07) is 0. The Balaban J connectivity index is 3.36. The second-order valence-electron chi connectivity index (χ2n) is 3.40. The largest absolute Gasteiger partial charge is 0.377 e. The van der Waals surface area contributed by atoms with Crippen molar-refractivity contribution >= 4 is 11.6 Å². The molecule has 3 heteroatoms. The van der Waals surface area contributed by atoms with Gasteiger partial charge in [0.25, 0.3) is 0 Å². The Kier molecular flexibility index (Phi) is 8.93. The molecule has 80 valence electrons. The van der Waals surface area contributed by atoms with E-state index >= 15 is 0 Å². The summed E-state index contributed by atoms with van der Waals surface area (Å²) in [6.07, 6.45) is 1.41. The van der Waals surface area contributed by atoms with Crippen molar-refractivity contribution in [3.05, 3.63) is 0 Å². The summed E-state index contributed by atoms with van der Waals surface area (Å²) in [7, 11) is 0. The van der Waals surface area contributed by atoms with Crippen molar-refractivity contribution in [2.45, 2.75) is 33.3 Å². The van der Waals surface area contributed by atoms with Gasteiger partial charge in [0, 0.05) is 12.4 Å². The average Bonchev–Trinajstić information content (AvgIpc) is 2.10. The molecule has 0 aliphatic heterocycles. The maximum Gasteiger partial charge on any atom is 0.0596 e. The van der Waals surface area contributed by atoms with Gasteiger partial charge in [0.1, 0.15) is 0 Å². The Hall–Kier alpha value is 0.210. The van der Waals surface area contributed by atoms with Crippen LogP contribution in [0.1, 0.15) is 27.2 Å². The first-order valence-corrected chi connectivity index (χ1v) is 5.64. The van der Waals surface area contributed by atoms with Gasteiger partial charge in [-0.1, -0.05) is 6.92 Å². The fourth-order valence-corrected chi connectivity index (χ4v) is 1.25. The molecule has 0 aliphatic rings. The van der Waals surface area contributed by atoms with Crippen LogP contribution in [0.3, 0.4) is 0 Å². The summed E-state index contributed by atoms with van der Waals surface area (Å²) in [5, 5.41) is 0. The van der Waals surface area contributed by atoms with Gasteiger partial charge in [-0.2, -0.15) is 0 Å². The van der Waals surface area contributed by atoms with Crippen LogP contribution < -0.4 is 0 Å². The zero-order valence-electron chi connectivity index (χ0n) is 9.05. The van der Waals surface area contributed by atoms with E-state index in [1.807, 2.05) is 0 Å². The van der Waals surface area contributed by atoms with Crippen LogP contribution >= 0.6 is 11.6 Å². The molecule has 0 fully saturated rings. The van der Waals surface area contributed by atoms with Crippen molar-refractivity contribution in [1.29, 1.82) is 0 Å². The van der Waals surface area contributed by atoms with Crippen LogP contribution in [0.25, 0.3) is 0 Å². The summed E-state index contributed by atoms with van der Waals surface area (Å²) in [5.41, 5.74) is 0. The highest BCUT2D eigenvalue weighted by atomic mass is 35.5. The molecule has 0 aromatic rings. The fourth-order valence-electron chi connectivity index (χ4n) is 1.13. The van der Waals surface area contributed by atoms with Crippen LogP contribution in [0.5, 0.6) is 0 Å². The number of halogens is 1. The highest BCUT2D eigenvalue weighted by Crippen LogP contribution is 1.95. The van der Waals surface area contributed by atoms with E-state index in [1.54, 1.807) is 0 Å². The third-order valence-electron chi connectivity index (χ3n) is 1.91. The maximum absolute atomic E-state index is 5.63. The number of nitrogens with zero attached hydrogens (tertiary/aromatic N) is 1. The minimum atomic E-state index is 0.340. The molecule has 0 atom stereocenters. The normalized spacial score (nSPS) is 11.5. The van der Waals surface area contributed by atoms with Gasteiger partial charge in [-0.05, 0) is 33.4 Å². The topological polar surface area (TPSA) is 12.5 Å². The zero-order valence-corrected chi connectivity index (χ0v) is 9.81. The Morgan fingerprint density at radius 1 is 1.31 bits per heavy atom. The molecule has 2 nitrogen and oxygen atoms in total. The highest BCUT2D eigenvalue weighted by molar-refractivity contribution is 6.17. The molecule has 0 saturated carbocycles. The standard InChI is InChI=1S/C10H22ClNO/c1-4-12(7-5-6-11)8-9-13-10(2)3/h10H,4-9H2,1-3H3. The smallest absolute Gasteiger partial charge is 0.0596 e. The third-order valence-corrected chi connectivity index (χ3v) is 2.18. The lowest BCUT2D eigenvalue weighted by Crippen LogP contribution is -2.29. The van der Waals surface area contributed by atoms with Gasteiger partial charge in [-0.25, -0.2) is 0 Å². The van der Waals surface area contributed by atoms with E-state index in [2.05, 4.69) is 25.7 Å². The van der Waals surface area contributed by atoms with E-state index in [0.717, 1.165) is 38.5 Å². The van der Waals surface area contributed by atoms with Crippen LogP contribution in [-0.2, 0) is 4.74 Å². The number of rotatable bonds is 8. The molecular weight excluding hydrogens is 186 g/mol. The van der Waals surface area contributed by atoms with E-state index < -0.39 is 0 Å². The predicted octanol–water partition coefficient (Wildman–Crippen LogP) is 2.36. The van der Waals surface area contributed by atoms with E-state index in [0.29, 0.717) is 6.10 Å². The van der Waals surface area contributed by atoms with Crippen molar-refractivity contribution < 1.29 is 4.74 Å². The van der Waals surface area contributed by atoms with E-state index in [-0.39, 0.29) is 0 Å². The SMILES string of the molecule is CCN(CCCCl)CCOC(C)C. The van der Waals surface area contributed by atoms with Gasteiger partial charge in [-0.3, -0.25) is 0 Å². The van der Waals surface area contributed by atoms with Gasteiger partial charge in [0.05, 0.1) is 12.7 Å². The molecule has 0 bridgehead atoms. The Morgan fingerprint density at radius 3 is 2.46 bits per heavy atom. The quantitative estimate of drug-likeness (QED) is 0.567. The molecule has 0 saturated heterocycles. The molecule has 0 N–H and O–H groups in total. The number of hydrogen-bond donors (Lipinski definition) is 0. The lowest BCUT2D eigenvalue weighted by atomic mass is 10.4. The minimum absolute atomic E-state index is 0.340. The average molecular weight is 208 g/mol. The van der Waals surface area contributed by atoms with Crippen LogP contribution in [0.2, 0.25) is 0 Å². The molecule has 0 aromatic heterocycles. The molecular formula is C10H22ClNO. The molecule has 0 heterocycles. The molecule has 0 unspecified atom stereocenters. The molecule has 0 spiro atoms. The van der Waals surface area contributed by atoms with Gasteiger partial charge < -0.3 is 9.64 Å². The minimum Gasteiger partial charge on any atom is -0.377 e. The number of ether oxygens (including phenoxy) is 1. The molecule has 0 aromatic carbocycles. The first-order chi connectivity index (χ1) is 6.20. The number of alkyl halides is 1. The molecule has 0 amide bonds. The van der Waals surface area contributed by atoms with E-state index in [4.69, 9.17) is 16.3 Å². The Labute approximate surface area is 87.2 Å². The summed E-state index contributed by atoms with van der Waals surface area (Å²) >= 11 is 5.63. The first-order valence-electron chi connectivity index (χ1n) is 5.10. The lowest BCUT2D eigenvalue weighted by Gasteiger charge is -2.20. The fraction of sp³-hybridized carbons (Fsp3) is 1.00. The summed E-state index contributed by atoms with van der Waals surface area (Å²) < 4.78 is 5.48. The van der Waals surface area contributed by atoms with Gasteiger partial charge >= 0.3 is 0 Å². The van der Waals surface area contributed by atoms with Crippen molar-refractivity contribution in [1.82, 2.24) is 4.90 Å². The Bertz CT molecular complexity index is 109. The lowest BCUT2D eigenvalue weighted by molar-refractivity contribution is 0.0601. The predicted molar refractivity (Wildman–Crippen MR) is 58.5 cm³/mol. The maximum atomic E-state index is 5.63. The third kappa shape index (κ3) is 8.54. The summed E-state index contributed by atoms with van der Waals surface area (Å²) in [6.45, 7) is 10.3. The van der Waals surface area contributed by atoms with Gasteiger partial charge in [0.2, 0.25) is 0 Å². The van der Waals surface area contributed by atoms with Crippen LogP contribution in [-0.4, -0.2) is 43.1 Å². The van der Waals surface area contributed by atoms with E-state index in [1.165, 1.54) is 0 Å². The second kappa shape index (κ2) is 8.79. The van der Waals surface area contributed by atoms with Crippen LogP contribution in [0, 0.1) is 0 Å². The number of hydrogen-bond acceptors (Lipinski definition) is 2. The molecule has 0 radical (unpaired) electrons. The first kappa shape index (κ1) is 13.2. The number of likely N-dealkylation sites (N-methyl/N-ethyl adjacent to an activating group) is 1. The van der Waals surface area contributed by atoms with Crippen LogP contribution in [0.4, 0.5) is 0 Å². The summed E-state index contributed by atoms with van der Waals surface area (Å²) in [4.78, 5) is 2.37. The van der Waals surface area contributed by atoms with E-state index in [9.17, 15) is 0 Å². The van der Waals surface area contributed by atoms with Gasteiger partial charge in [0.15, 0.2) is 0 Å². The zero-order chi connectivity index (χ0) is 10.1. The molecule has 0 aliphatic carbocycles. The van der Waals surface area contributed by atoms with Gasteiger partial charge in [-0.15, -0.1) is 11.6 Å². The second-order valence-corrected chi connectivity index (χ2v) is 3.77. The molecule has 0 rings (SSSR count). The summed E-state index contributed by atoms with van der Waals surface area (Å²) in [5.74, 6) is 0.752. The van der Waals surface area contributed by atoms with Crippen molar-refractivity contribution in [3.63, 3.8) is 0 Å². The molecule has 13 heavy (non-hydrogen) atoms. The van der Waals surface area contributed by atoms with Crippen LogP contribution in [0.15, 0.2) is 0 Å².